The van der Waals surface area contributed by atoms with E-state index in [1.807, 2.05) is 18.2 Å². The van der Waals surface area contributed by atoms with Gasteiger partial charge >= 0.3 is 0 Å². The molecule has 2 nitrogen and oxygen atoms in total. The molecule has 1 saturated carbocycles. The van der Waals surface area contributed by atoms with Gasteiger partial charge in [-0.25, -0.2) is 0 Å². The first-order valence-corrected chi connectivity index (χ1v) is 6.29. The molecule has 1 aliphatic carbocycles. The third-order valence-corrected chi connectivity index (χ3v) is 3.47. The number of ether oxygens (including phenoxy) is 1. The van der Waals surface area contributed by atoms with Crippen LogP contribution < -0.4 is 5.73 Å². The third-order valence-electron chi connectivity index (χ3n) is 3.10. The first-order chi connectivity index (χ1) is 7.75. The van der Waals surface area contributed by atoms with Gasteiger partial charge in [-0.1, -0.05) is 30.9 Å². The third kappa shape index (κ3) is 3.13. The number of nitrogens with two attached hydrogens (primary N) is 1. The van der Waals surface area contributed by atoms with Crippen LogP contribution in [0, 0.1) is 0 Å². The maximum atomic E-state index is 6.08. The zero-order chi connectivity index (χ0) is 11.4. The topological polar surface area (TPSA) is 35.2 Å². The normalized spacial score (nSPS) is 17.6. The van der Waals surface area contributed by atoms with Gasteiger partial charge < -0.3 is 10.5 Å². The van der Waals surface area contributed by atoms with Crippen molar-refractivity contribution in [2.75, 3.05) is 5.73 Å². The molecule has 0 amide bonds. The van der Waals surface area contributed by atoms with E-state index < -0.39 is 0 Å². The summed E-state index contributed by atoms with van der Waals surface area (Å²) in [7, 11) is 0. The van der Waals surface area contributed by atoms with Gasteiger partial charge in [0.25, 0.3) is 0 Å². The molecular weight excluding hydrogens is 222 g/mol. The molecule has 2 N–H and O–H groups in total. The molecule has 1 fully saturated rings. The first kappa shape index (κ1) is 11.7. The largest absolute Gasteiger partial charge is 0.399 e. The summed E-state index contributed by atoms with van der Waals surface area (Å²) in [6.07, 6.45) is 6.69. The quantitative estimate of drug-likeness (QED) is 0.815. The highest BCUT2D eigenvalue weighted by atomic mass is 35.5. The lowest BCUT2D eigenvalue weighted by atomic mass is 9.98. The van der Waals surface area contributed by atoms with Gasteiger partial charge in [-0.2, -0.15) is 0 Å². The Balaban J connectivity index is 1.90. The second-order valence-electron chi connectivity index (χ2n) is 4.42. The summed E-state index contributed by atoms with van der Waals surface area (Å²) in [6, 6.07) is 5.54. The van der Waals surface area contributed by atoms with E-state index in [2.05, 4.69) is 0 Å². The van der Waals surface area contributed by atoms with Gasteiger partial charge in [0, 0.05) is 10.7 Å². The number of benzene rings is 1. The second-order valence-corrected chi connectivity index (χ2v) is 4.83. The molecule has 0 bridgehead atoms. The average Bonchev–Trinajstić information content (AvgIpc) is 2.32. The minimum absolute atomic E-state index is 0.409. The van der Waals surface area contributed by atoms with E-state index in [-0.39, 0.29) is 0 Å². The lowest BCUT2D eigenvalue weighted by Crippen LogP contribution is -2.16. The summed E-state index contributed by atoms with van der Waals surface area (Å²) in [5.41, 5.74) is 7.46. The Labute approximate surface area is 102 Å². The van der Waals surface area contributed by atoms with Crippen molar-refractivity contribution in [1.82, 2.24) is 0 Å². The van der Waals surface area contributed by atoms with E-state index in [4.69, 9.17) is 22.1 Å². The fourth-order valence-corrected chi connectivity index (χ4v) is 2.32. The standard InChI is InChI=1S/C13H18ClNO/c14-13-7-6-11(15)8-10(13)9-16-12-4-2-1-3-5-12/h6-8,12H,1-5,9,15H2. The smallest absolute Gasteiger partial charge is 0.0735 e. The molecule has 0 atom stereocenters. The number of anilines is 1. The van der Waals surface area contributed by atoms with Crippen molar-refractivity contribution < 1.29 is 4.74 Å². The van der Waals surface area contributed by atoms with E-state index in [0.29, 0.717) is 12.7 Å². The van der Waals surface area contributed by atoms with Crippen molar-refractivity contribution >= 4 is 17.3 Å². The minimum atomic E-state index is 0.409. The van der Waals surface area contributed by atoms with Crippen LogP contribution >= 0.6 is 11.6 Å². The van der Waals surface area contributed by atoms with Crippen LogP contribution in [0.2, 0.25) is 5.02 Å². The summed E-state index contributed by atoms with van der Waals surface area (Å²) >= 11 is 6.08. The monoisotopic (exact) mass is 239 g/mol. The van der Waals surface area contributed by atoms with E-state index in [1.165, 1.54) is 32.1 Å². The van der Waals surface area contributed by atoms with Gasteiger partial charge in [-0.3, -0.25) is 0 Å². The minimum Gasteiger partial charge on any atom is -0.399 e. The Hall–Kier alpha value is -0.730. The van der Waals surface area contributed by atoms with E-state index in [9.17, 15) is 0 Å². The molecule has 0 aliphatic heterocycles. The molecule has 0 heterocycles. The molecule has 16 heavy (non-hydrogen) atoms. The number of rotatable bonds is 3. The van der Waals surface area contributed by atoms with Gasteiger partial charge in [-0.05, 0) is 36.6 Å². The zero-order valence-corrected chi connectivity index (χ0v) is 10.2. The summed E-state index contributed by atoms with van der Waals surface area (Å²) < 4.78 is 5.86. The average molecular weight is 240 g/mol. The Morgan fingerprint density at radius 3 is 2.75 bits per heavy atom. The lowest BCUT2D eigenvalue weighted by Gasteiger charge is -2.22. The Morgan fingerprint density at radius 2 is 2.00 bits per heavy atom. The van der Waals surface area contributed by atoms with Crippen LogP contribution in [0.15, 0.2) is 18.2 Å². The van der Waals surface area contributed by atoms with Crippen LogP contribution in [0.3, 0.4) is 0 Å². The molecule has 1 aromatic carbocycles. The van der Waals surface area contributed by atoms with E-state index in [1.54, 1.807) is 0 Å². The molecule has 0 saturated heterocycles. The highest BCUT2D eigenvalue weighted by Crippen LogP contribution is 2.24. The van der Waals surface area contributed by atoms with Crippen LogP contribution in [0.5, 0.6) is 0 Å². The van der Waals surface area contributed by atoms with Crippen LogP contribution in [-0.4, -0.2) is 6.10 Å². The highest BCUT2D eigenvalue weighted by Gasteiger charge is 2.14. The number of hydrogen-bond donors (Lipinski definition) is 1. The van der Waals surface area contributed by atoms with Crippen molar-refractivity contribution in [1.29, 1.82) is 0 Å². The van der Waals surface area contributed by atoms with Crippen molar-refractivity contribution in [3.63, 3.8) is 0 Å². The summed E-state index contributed by atoms with van der Waals surface area (Å²) in [4.78, 5) is 0. The molecule has 0 spiro atoms. The number of halogens is 1. The predicted molar refractivity (Wildman–Crippen MR) is 67.5 cm³/mol. The molecule has 3 heteroatoms. The van der Waals surface area contributed by atoms with Gasteiger partial charge in [0.05, 0.1) is 12.7 Å². The molecule has 88 valence electrons. The molecule has 1 aliphatic rings. The molecule has 0 radical (unpaired) electrons. The maximum absolute atomic E-state index is 6.08. The predicted octanol–water partition coefficient (Wildman–Crippen LogP) is 3.77. The van der Waals surface area contributed by atoms with Crippen molar-refractivity contribution in [2.45, 2.75) is 44.8 Å². The first-order valence-electron chi connectivity index (χ1n) is 5.91. The van der Waals surface area contributed by atoms with Gasteiger partial charge in [0.1, 0.15) is 0 Å². The van der Waals surface area contributed by atoms with Crippen LogP contribution in [-0.2, 0) is 11.3 Å². The fourth-order valence-electron chi connectivity index (χ4n) is 2.14. The summed E-state index contributed by atoms with van der Waals surface area (Å²) in [5, 5.41) is 0.741. The number of nitrogen functional groups attached to an aromatic ring is 1. The van der Waals surface area contributed by atoms with Gasteiger partial charge in [-0.15, -0.1) is 0 Å². The van der Waals surface area contributed by atoms with Crippen LogP contribution in [0.1, 0.15) is 37.7 Å². The Bertz CT molecular complexity index is 348. The Kier molecular flexibility index (Phi) is 4.08. The van der Waals surface area contributed by atoms with Gasteiger partial charge in [0.15, 0.2) is 0 Å². The van der Waals surface area contributed by atoms with E-state index >= 15 is 0 Å². The molecule has 0 unspecified atom stereocenters. The molecular formula is C13H18ClNO. The van der Waals surface area contributed by atoms with Gasteiger partial charge in [0.2, 0.25) is 0 Å². The molecule has 1 aromatic rings. The highest BCUT2D eigenvalue weighted by molar-refractivity contribution is 6.31. The van der Waals surface area contributed by atoms with Crippen molar-refractivity contribution in [3.8, 4) is 0 Å². The Morgan fingerprint density at radius 1 is 1.25 bits per heavy atom. The van der Waals surface area contributed by atoms with Crippen LogP contribution in [0.25, 0.3) is 0 Å². The SMILES string of the molecule is Nc1ccc(Cl)c(COC2CCCCC2)c1. The van der Waals surface area contributed by atoms with Crippen LogP contribution in [0.4, 0.5) is 5.69 Å². The second kappa shape index (κ2) is 5.55. The summed E-state index contributed by atoms with van der Waals surface area (Å²) in [5.74, 6) is 0. The summed E-state index contributed by atoms with van der Waals surface area (Å²) in [6.45, 7) is 0.578. The zero-order valence-electron chi connectivity index (χ0n) is 9.42. The molecule has 0 aromatic heterocycles. The fraction of sp³-hybridized carbons (Fsp3) is 0.538. The lowest BCUT2D eigenvalue weighted by molar-refractivity contribution is 0.0169. The van der Waals surface area contributed by atoms with Crippen molar-refractivity contribution in [2.24, 2.45) is 0 Å². The molecule has 2 rings (SSSR count). The maximum Gasteiger partial charge on any atom is 0.0735 e. The van der Waals surface area contributed by atoms with E-state index in [0.717, 1.165) is 16.3 Å². The number of hydrogen-bond acceptors (Lipinski definition) is 2. The van der Waals surface area contributed by atoms with Crippen molar-refractivity contribution in [3.05, 3.63) is 28.8 Å².